The second kappa shape index (κ2) is 6.32. The third-order valence-electron chi connectivity index (χ3n) is 2.64. The quantitative estimate of drug-likeness (QED) is 0.930. The summed E-state index contributed by atoms with van der Waals surface area (Å²) >= 11 is 9.48. The van der Waals surface area contributed by atoms with Gasteiger partial charge in [0.15, 0.2) is 0 Å². The molecule has 0 aliphatic rings. The number of rotatable bonds is 4. The van der Waals surface area contributed by atoms with Crippen LogP contribution in [0.3, 0.4) is 0 Å². The molecule has 1 heterocycles. The van der Waals surface area contributed by atoms with Crippen molar-refractivity contribution in [3.05, 3.63) is 63.3 Å². The average Bonchev–Trinajstić information content (AvgIpc) is 2.34. The van der Waals surface area contributed by atoms with Crippen molar-refractivity contribution in [1.82, 2.24) is 4.98 Å². The summed E-state index contributed by atoms with van der Waals surface area (Å²) in [6.45, 7) is 0. The summed E-state index contributed by atoms with van der Waals surface area (Å²) in [6.07, 6.45) is 2.32. The van der Waals surface area contributed by atoms with Crippen LogP contribution in [-0.2, 0) is 12.8 Å². The van der Waals surface area contributed by atoms with Crippen LogP contribution in [0.4, 0.5) is 0 Å². The molecule has 1 aromatic heterocycles. The molecule has 2 aromatic rings. The number of halogens is 2. The van der Waals surface area contributed by atoms with Crippen molar-refractivity contribution in [3.63, 3.8) is 0 Å². The van der Waals surface area contributed by atoms with E-state index in [1.54, 1.807) is 6.20 Å². The first-order valence-corrected chi connectivity index (χ1v) is 6.84. The van der Waals surface area contributed by atoms with E-state index in [9.17, 15) is 5.11 Å². The molecule has 0 aliphatic carbocycles. The molecule has 1 atom stereocenters. The van der Waals surface area contributed by atoms with Gasteiger partial charge in [-0.15, -0.1) is 0 Å². The van der Waals surface area contributed by atoms with E-state index >= 15 is 0 Å². The number of pyridine rings is 1. The van der Waals surface area contributed by atoms with E-state index in [4.69, 9.17) is 11.6 Å². The van der Waals surface area contributed by atoms with Crippen LogP contribution >= 0.6 is 27.5 Å². The monoisotopic (exact) mass is 325 g/mol. The maximum absolute atomic E-state index is 10.0. The maximum atomic E-state index is 10.0. The molecular weight excluding hydrogens is 314 g/mol. The Morgan fingerprint density at radius 2 is 2.06 bits per heavy atom. The van der Waals surface area contributed by atoms with Crippen molar-refractivity contribution < 1.29 is 5.11 Å². The summed E-state index contributed by atoms with van der Waals surface area (Å²) in [7, 11) is 0. The van der Waals surface area contributed by atoms with Crippen molar-refractivity contribution in [2.75, 3.05) is 0 Å². The highest BCUT2D eigenvalue weighted by Crippen LogP contribution is 2.22. The molecule has 1 aromatic carbocycles. The summed E-state index contributed by atoms with van der Waals surface area (Å²) in [5.74, 6) is 0. The highest BCUT2D eigenvalue weighted by molar-refractivity contribution is 9.10. The zero-order valence-corrected chi connectivity index (χ0v) is 12.0. The summed E-state index contributed by atoms with van der Waals surface area (Å²) in [4.78, 5) is 4.20. The van der Waals surface area contributed by atoms with Gasteiger partial charge in [-0.25, -0.2) is 0 Å². The number of hydrogen-bond acceptors (Lipinski definition) is 2. The molecule has 0 bridgehead atoms. The van der Waals surface area contributed by atoms with Crippen molar-refractivity contribution >= 4 is 27.5 Å². The van der Waals surface area contributed by atoms with E-state index in [-0.39, 0.29) is 0 Å². The van der Waals surface area contributed by atoms with Gasteiger partial charge in [-0.05, 0) is 29.8 Å². The summed E-state index contributed by atoms with van der Waals surface area (Å²) < 4.78 is 0.940. The maximum Gasteiger partial charge on any atom is 0.0636 e. The minimum absolute atomic E-state index is 0.474. The van der Waals surface area contributed by atoms with Crippen LogP contribution in [0.5, 0.6) is 0 Å². The van der Waals surface area contributed by atoms with Crippen molar-refractivity contribution in [1.29, 1.82) is 0 Å². The molecular formula is C14H13BrClNO. The van der Waals surface area contributed by atoms with Crippen molar-refractivity contribution in [2.45, 2.75) is 18.9 Å². The Hall–Kier alpha value is -0.900. The van der Waals surface area contributed by atoms with Gasteiger partial charge in [0.05, 0.1) is 6.10 Å². The number of aromatic nitrogens is 1. The van der Waals surface area contributed by atoms with Gasteiger partial charge >= 0.3 is 0 Å². The lowest BCUT2D eigenvalue weighted by Gasteiger charge is -2.11. The van der Waals surface area contributed by atoms with Gasteiger partial charge in [-0.2, -0.15) is 0 Å². The van der Waals surface area contributed by atoms with Crippen LogP contribution in [0, 0.1) is 0 Å². The van der Waals surface area contributed by atoms with Gasteiger partial charge in [0.1, 0.15) is 0 Å². The lowest BCUT2D eigenvalue weighted by molar-refractivity contribution is 0.174. The van der Waals surface area contributed by atoms with Gasteiger partial charge in [0, 0.05) is 34.2 Å². The first-order chi connectivity index (χ1) is 8.65. The number of hydrogen-bond donors (Lipinski definition) is 1. The first kappa shape index (κ1) is 13.5. The highest BCUT2D eigenvalue weighted by atomic mass is 79.9. The third kappa shape index (κ3) is 3.80. The van der Waals surface area contributed by atoms with E-state index in [2.05, 4.69) is 20.9 Å². The molecule has 2 nitrogen and oxygen atoms in total. The molecule has 0 aliphatic heterocycles. The Labute approximate surface area is 120 Å². The number of aliphatic hydroxyl groups is 1. The van der Waals surface area contributed by atoms with E-state index < -0.39 is 6.10 Å². The normalized spacial score (nSPS) is 12.4. The van der Waals surface area contributed by atoms with E-state index in [0.29, 0.717) is 17.9 Å². The highest BCUT2D eigenvalue weighted by Gasteiger charge is 2.10. The number of nitrogens with zero attached hydrogens (tertiary/aromatic N) is 1. The first-order valence-electron chi connectivity index (χ1n) is 5.67. The van der Waals surface area contributed by atoms with Crippen LogP contribution in [0.15, 0.2) is 47.1 Å². The number of benzene rings is 1. The van der Waals surface area contributed by atoms with Gasteiger partial charge in [0.25, 0.3) is 0 Å². The molecule has 1 unspecified atom stereocenters. The molecule has 0 saturated heterocycles. The van der Waals surface area contributed by atoms with E-state index in [1.807, 2.05) is 36.4 Å². The van der Waals surface area contributed by atoms with Gasteiger partial charge in [-0.1, -0.05) is 39.7 Å². The molecule has 0 amide bonds. The Morgan fingerprint density at radius 3 is 2.72 bits per heavy atom. The largest absolute Gasteiger partial charge is 0.392 e. The molecule has 0 spiro atoms. The zero-order chi connectivity index (χ0) is 13.0. The molecule has 94 valence electrons. The predicted octanol–water partition coefficient (Wildman–Crippen LogP) is 3.64. The minimum atomic E-state index is -0.474. The molecule has 4 heteroatoms. The standard InChI is InChI=1S/C14H13BrClNO/c15-11-5-4-10(14(16)8-11)7-13(18)9-12-3-1-2-6-17-12/h1-6,8,13,18H,7,9H2. The van der Waals surface area contributed by atoms with E-state index in [1.165, 1.54) is 0 Å². The summed E-state index contributed by atoms with van der Waals surface area (Å²) in [5, 5.41) is 10.7. The van der Waals surface area contributed by atoms with E-state index in [0.717, 1.165) is 15.7 Å². The fraction of sp³-hybridized carbons (Fsp3) is 0.214. The van der Waals surface area contributed by atoms with Crippen molar-refractivity contribution in [2.24, 2.45) is 0 Å². The summed E-state index contributed by atoms with van der Waals surface area (Å²) in [5.41, 5.74) is 1.83. The third-order valence-corrected chi connectivity index (χ3v) is 3.49. The zero-order valence-electron chi connectivity index (χ0n) is 9.68. The van der Waals surface area contributed by atoms with Gasteiger partial charge in [-0.3, -0.25) is 4.98 Å². The van der Waals surface area contributed by atoms with Gasteiger partial charge in [0.2, 0.25) is 0 Å². The smallest absolute Gasteiger partial charge is 0.0636 e. The molecule has 1 N–H and O–H groups in total. The Balaban J connectivity index is 2.01. The molecule has 0 fully saturated rings. The number of aliphatic hydroxyl groups excluding tert-OH is 1. The molecule has 18 heavy (non-hydrogen) atoms. The summed E-state index contributed by atoms with van der Waals surface area (Å²) in [6, 6.07) is 11.4. The lowest BCUT2D eigenvalue weighted by Crippen LogP contribution is -2.14. The molecule has 0 radical (unpaired) electrons. The van der Waals surface area contributed by atoms with Crippen LogP contribution in [0.2, 0.25) is 5.02 Å². The van der Waals surface area contributed by atoms with Crippen LogP contribution in [0.1, 0.15) is 11.3 Å². The Morgan fingerprint density at radius 1 is 1.22 bits per heavy atom. The second-order valence-electron chi connectivity index (χ2n) is 4.12. The Kier molecular flexibility index (Phi) is 4.75. The second-order valence-corrected chi connectivity index (χ2v) is 5.44. The fourth-order valence-corrected chi connectivity index (χ4v) is 2.52. The van der Waals surface area contributed by atoms with Crippen LogP contribution in [-0.4, -0.2) is 16.2 Å². The van der Waals surface area contributed by atoms with Crippen LogP contribution in [0.25, 0.3) is 0 Å². The lowest BCUT2D eigenvalue weighted by atomic mass is 10.0. The van der Waals surface area contributed by atoms with Gasteiger partial charge < -0.3 is 5.11 Å². The fourth-order valence-electron chi connectivity index (χ4n) is 1.77. The minimum Gasteiger partial charge on any atom is -0.392 e. The molecule has 0 saturated carbocycles. The van der Waals surface area contributed by atoms with Crippen molar-refractivity contribution in [3.8, 4) is 0 Å². The average molecular weight is 327 g/mol. The van der Waals surface area contributed by atoms with Crippen LogP contribution < -0.4 is 0 Å². The predicted molar refractivity (Wildman–Crippen MR) is 76.8 cm³/mol. The Bertz CT molecular complexity index is 518. The molecule has 2 rings (SSSR count). The SMILES string of the molecule is OC(Cc1ccccn1)Cc1ccc(Br)cc1Cl. The topological polar surface area (TPSA) is 33.1 Å².